The molecule has 0 spiro atoms. The molecule has 0 aliphatic heterocycles. The van der Waals surface area contributed by atoms with Gasteiger partial charge in [0.25, 0.3) is 0 Å². The van der Waals surface area contributed by atoms with Gasteiger partial charge in [-0.25, -0.2) is 0 Å². The highest BCUT2D eigenvalue weighted by Crippen LogP contribution is 2.23. The summed E-state index contributed by atoms with van der Waals surface area (Å²) in [5.74, 6) is 0. The molecule has 0 unspecified atom stereocenters. The summed E-state index contributed by atoms with van der Waals surface area (Å²) in [5.41, 5.74) is 2.12. The number of hydrogen-bond acceptors (Lipinski definition) is 3. The first-order valence-corrected chi connectivity index (χ1v) is 4.67. The molecular formula is C10H6N2S. The standard InChI is InChI=1S/C10H6N2S/c11-5-10-4-9(7-13-10)8-2-1-3-12-6-8/h1-4,6-7H. The summed E-state index contributed by atoms with van der Waals surface area (Å²) in [7, 11) is 0. The van der Waals surface area contributed by atoms with Gasteiger partial charge in [-0.3, -0.25) is 4.98 Å². The summed E-state index contributed by atoms with van der Waals surface area (Å²) >= 11 is 1.46. The van der Waals surface area contributed by atoms with Crippen molar-refractivity contribution in [2.45, 2.75) is 0 Å². The van der Waals surface area contributed by atoms with Crippen molar-refractivity contribution in [1.82, 2.24) is 4.98 Å². The summed E-state index contributed by atoms with van der Waals surface area (Å²) in [6, 6.07) is 7.86. The number of hydrogen-bond donors (Lipinski definition) is 0. The lowest BCUT2D eigenvalue weighted by molar-refractivity contribution is 1.33. The van der Waals surface area contributed by atoms with E-state index in [9.17, 15) is 0 Å². The minimum atomic E-state index is 0.735. The Hall–Kier alpha value is -1.66. The molecule has 2 aromatic heterocycles. The first-order chi connectivity index (χ1) is 6.40. The van der Waals surface area contributed by atoms with Crippen molar-refractivity contribution in [3.63, 3.8) is 0 Å². The van der Waals surface area contributed by atoms with Crippen molar-refractivity contribution in [1.29, 1.82) is 5.26 Å². The number of aromatic nitrogens is 1. The third-order valence-corrected chi connectivity index (χ3v) is 2.54. The molecule has 0 saturated carbocycles. The fourth-order valence-corrected chi connectivity index (χ4v) is 1.79. The highest BCUT2D eigenvalue weighted by molar-refractivity contribution is 7.10. The van der Waals surface area contributed by atoms with Gasteiger partial charge in [-0.1, -0.05) is 6.07 Å². The predicted octanol–water partition coefficient (Wildman–Crippen LogP) is 2.68. The van der Waals surface area contributed by atoms with Crippen molar-refractivity contribution in [3.8, 4) is 17.2 Å². The SMILES string of the molecule is N#Cc1cc(-c2cccnc2)cs1. The Kier molecular flexibility index (Phi) is 2.07. The van der Waals surface area contributed by atoms with Crippen LogP contribution in [-0.4, -0.2) is 4.98 Å². The topological polar surface area (TPSA) is 36.7 Å². The molecule has 0 N–H and O–H groups in total. The number of thiophene rings is 1. The van der Waals surface area contributed by atoms with E-state index in [1.807, 2.05) is 23.6 Å². The largest absolute Gasteiger partial charge is 0.264 e. The zero-order valence-electron chi connectivity index (χ0n) is 6.77. The van der Waals surface area contributed by atoms with Gasteiger partial charge in [0.2, 0.25) is 0 Å². The Morgan fingerprint density at radius 1 is 1.38 bits per heavy atom. The van der Waals surface area contributed by atoms with E-state index in [2.05, 4.69) is 11.1 Å². The Morgan fingerprint density at radius 2 is 2.31 bits per heavy atom. The first-order valence-electron chi connectivity index (χ1n) is 3.79. The van der Waals surface area contributed by atoms with Gasteiger partial charge in [0.15, 0.2) is 0 Å². The van der Waals surface area contributed by atoms with Gasteiger partial charge in [-0.15, -0.1) is 11.3 Å². The van der Waals surface area contributed by atoms with Gasteiger partial charge < -0.3 is 0 Å². The summed E-state index contributed by atoms with van der Waals surface area (Å²) in [5, 5.41) is 10.6. The lowest BCUT2D eigenvalue weighted by Crippen LogP contribution is -1.74. The second kappa shape index (κ2) is 3.38. The highest BCUT2D eigenvalue weighted by atomic mass is 32.1. The van der Waals surface area contributed by atoms with E-state index in [1.165, 1.54) is 11.3 Å². The average molecular weight is 186 g/mol. The van der Waals surface area contributed by atoms with Gasteiger partial charge in [-0.2, -0.15) is 5.26 Å². The second-order valence-electron chi connectivity index (χ2n) is 2.55. The molecule has 0 atom stereocenters. The summed E-state index contributed by atoms with van der Waals surface area (Å²) in [6.07, 6.45) is 3.53. The quantitative estimate of drug-likeness (QED) is 0.686. The van der Waals surface area contributed by atoms with E-state index < -0.39 is 0 Å². The number of nitrogens with zero attached hydrogens (tertiary/aromatic N) is 2. The minimum Gasteiger partial charge on any atom is -0.264 e. The monoisotopic (exact) mass is 186 g/mol. The molecule has 0 aliphatic carbocycles. The molecule has 0 fully saturated rings. The molecule has 2 rings (SSSR count). The summed E-state index contributed by atoms with van der Waals surface area (Å²) in [6.45, 7) is 0. The molecule has 2 heterocycles. The maximum Gasteiger partial charge on any atom is 0.110 e. The fourth-order valence-electron chi connectivity index (χ4n) is 1.08. The van der Waals surface area contributed by atoms with E-state index in [1.54, 1.807) is 12.4 Å². The molecule has 2 aromatic rings. The van der Waals surface area contributed by atoms with Crippen LogP contribution < -0.4 is 0 Å². The Bertz CT molecular complexity index is 439. The van der Waals surface area contributed by atoms with Crippen LogP contribution in [0.15, 0.2) is 36.0 Å². The molecule has 13 heavy (non-hydrogen) atoms. The van der Waals surface area contributed by atoms with Crippen LogP contribution in [0, 0.1) is 11.3 Å². The molecule has 0 saturated heterocycles. The zero-order chi connectivity index (χ0) is 9.10. The third-order valence-electron chi connectivity index (χ3n) is 1.70. The number of rotatable bonds is 1. The Labute approximate surface area is 80.1 Å². The lowest BCUT2D eigenvalue weighted by atomic mass is 10.1. The number of nitriles is 1. The maximum atomic E-state index is 8.64. The average Bonchev–Trinajstić information content (AvgIpc) is 2.67. The van der Waals surface area contributed by atoms with Gasteiger partial charge >= 0.3 is 0 Å². The van der Waals surface area contributed by atoms with E-state index in [0.717, 1.165) is 16.0 Å². The van der Waals surface area contributed by atoms with E-state index in [-0.39, 0.29) is 0 Å². The van der Waals surface area contributed by atoms with Gasteiger partial charge in [0, 0.05) is 23.3 Å². The van der Waals surface area contributed by atoms with E-state index in [4.69, 9.17) is 5.26 Å². The predicted molar refractivity (Wildman–Crippen MR) is 52.3 cm³/mol. The highest BCUT2D eigenvalue weighted by Gasteiger charge is 2.00. The molecule has 0 aromatic carbocycles. The zero-order valence-corrected chi connectivity index (χ0v) is 7.58. The second-order valence-corrected chi connectivity index (χ2v) is 3.46. The van der Waals surface area contributed by atoms with Crippen molar-refractivity contribution < 1.29 is 0 Å². The molecule has 0 aliphatic rings. The fraction of sp³-hybridized carbons (Fsp3) is 0. The van der Waals surface area contributed by atoms with Gasteiger partial charge in [-0.05, 0) is 17.7 Å². The lowest BCUT2D eigenvalue weighted by Gasteiger charge is -1.93. The Balaban J connectivity index is 2.43. The molecule has 0 radical (unpaired) electrons. The van der Waals surface area contributed by atoms with Crippen LogP contribution in [0.2, 0.25) is 0 Å². The molecule has 0 bridgehead atoms. The third kappa shape index (κ3) is 1.58. The van der Waals surface area contributed by atoms with E-state index >= 15 is 0 Å². The number of pyridine rings is 1. The van der Waals surface area contributed by atoms with Crippen LogP contribution in [0.5, 0.6) is 0 Å². The van der Waals surface area contributed by atoms with Crippen molar-refractivity contribution in [2.75, 3.05) is 0 Å². The molecular weight excluding hydrogens is 180 g/mol. The van der Waals surface area contributed by atoms with E-state index in [0.29, 0.717) is 0 Å². The molecule has 2 nitrogen and oxygen atoms in total. The van der Waals surface area contributed by atoms with Crippen molar-refractivity contribution in [2.24, 2.45) is 0 Å². The summed E-state index contributed by atoms with van der Waals surface area (Å²) < 4.78 is 0. The maximum absolute atomic E-state index is 8.64. The van der Waals surface area contributed by atoms with Crippen LogP contribution in [-0.2, 0) is 0 Å². The Morgan fingerprint density at radius 3 is 2.92 bits per heavy atom. The molecule has 62 valence electrons. The first kappa shape index (κ1) is 7.96. The van der Waals surface area contributed by atoms with Crippen LogP contribution >= 0.6 is 11.3 Å². The van der Waals surface area contributed by atoms with Crippen LogP contribution in [0.3, 0.4) is 0 Å². The van der Waals surface area contributed by atoms with Crippen molar-refractivity contribution in [3.05, 3.63) is 40.8 Å². The van der Waals surface area contributed by atoms with Gasteiger partial charge in [0.05, 0.1) is 0 Å². The summed E-state index contributed by atoms with van der Waals surface area (Å²) in [4.78, 5) is 4.75. The minimum absolute atomic E-state index is 0.735. The molecule has 0 amide bonds. The van der Waals surface area contributed by atoms with Crippen LogP contribution in [0.25, 0.3) is 11.1 Å². The van der Waals surface area contributed by atoms with Crippen molar-refractivity contribution >= 4 is 11.3 Å². The normalized spacial score (nSPS) is 9.46. The smallest absolute Gasteiger partial charge is 0.110 e. The van der Waals surface area contributed by atoms with Crippen LogP contribution in [0.4, 0.5) is 0 Å². The molecule has 3 heteroatoms. The van der Waals surface area contributed by atoms with Gasteiger partial charge in [0.1, 0.15) is 10.9 Å². The van der Waals surface area contributed by atoms with Crippen LogP contribution in [0.1, 0.15) is 4.88 Å².